The lowest BCUT2D eigenvalue weighted by Crippen LogP contribution is -2.38. The summed E-state index contributed by atoms with van der Waals surface area (Å²) < 4.78 is 26.5. The zero-order valence-corrected chi connectivity index (χ0v) is 11.0. The van der Waals surface area contributed by atoms with E-state index in [1.54, 1.807) is 20.8 Å². The second kappa shape index (κ2) is 6.35. The Morgan fingerprint density at radius 1 is 1.19 bits per heavy atom. The molecule has 0 aromatic rings. The van der Waals surface area contributed by atoms with Gasteiger partial charge in [0, 0.05) is 0 Å². The maximum atomic E-state index is 12.2. The van der Waals surface area contributed by atoms with Crippen molar-refractivity contribution in [1.82, 2.24) is 0 Å². The number of carbonyl (C=O) groups is 1. The minimum Gasteiger partial charge on any atom is -0.463 e. The van der Waals surface area contributed by atoms with Gasteiger partial charge in [0.2, 0.25) is 0 Å². The van der Waals surface area contributed by atoms with E-state index in [-0.39, 0.29) is 19.8 Å². The van der Waals surface area contributed by atoms with Crippen molar-refractivity contribution in [3.05, 3.63) is 0 Å². The van der Waals surface area contributed by atoms with Crippen molar-refractivity contribution >= 4 is 13.6 Å². The van der Waals surface area contributed by atoms with Crippen LogP contribution >= 0.6 is 7.60 Å². The molecule has 0 saturated heterocycles. The molecule has 96 valence electrons. The van der Waals surface area contributed by atoms with Crippen LogP contribution in [0.15, 0.2) is 0 Å². The Morgan fingerprint density at radius 3 is 1.94 bits per heavy atom. The minimum absolute atomic E-state index is 0.0623. The fraction of sp³-hybridized carbons (Fsp3) is 0.889. The highest BCUT2D eigenvalue weighted by Crippen LogP contribution is 2.58. The third-order valence-corrected chi connectivity index (χ3v) is 4.24. The van der Waals surface area contributed by atoms with Crippen molar-refractivity contribution < 1.29 is 28.3 Å². The van der Waals surface area contributed by atoms with Gasteiger partial charge in [0.1, 0.15) is 0 Å². The van der Waals surface area contributed by atoms with E-state index in [2.05, 4.69) is 4.74 Å². The summed E-state index contributed by atoms with van der Waals surface area (Å²) in [6.07, 6.45) is 0. The molecule has 0 saturated carbocycles. The Kier molecular flexibility index (Phi) is 6.18. The molecule has 1 atom stereocenters. The maximum Gasteiger partial charge on any atom is 0.373 e. The zero-order chi connectivity index (χ0) is 12.8. The van der Waals surface area contributed by atoms with Crippen molar-refractivity contribution in [2.75, 3.05) is 19.8 Å². The summed E-state index contributed by atoms with van der Waals surface area (Å²) in [4.78, 5) is 11.5. The van der Waals surface area contributed by atoms with Gasteiger partial charge in [0.15, 0.2) is 0 Å². The lowest BCUT2D eigenvalue weighted by Gasteiger charge is -2.28. The number of ether oxygens (including phenoxy) is 1. The van der Waals surface area contributed by atoms with Crippen molar-refractivity contribution in [3.63, 3.8) is 0 Å². The number of esters is 1. The molecule has 0 rings (SSSR count). The van der Waals surface area contributed by atoms with Gasteiger partial charge < -0.3 is 18.9 Å². The molecule has 16 heavy (non-hydrogen) atoms. The van der Waals surface area contributed by atoms with E-state index in [4.69, 9.17) is 9.05 Å². The summed E-state index contributed by atoms with van der Waals surface area (Å²) in [7, 11) is -3.93. The van der Waals surface area contributed by atoms with Gasteiger partial charge in [-0.05, 0) is 27.7 Å². The third-order valence-electron chi connectivity index (χ3n) is 1.79. The predicted octanol–water partition coefficient (Wildman–Crippen LogP) is 1.52. The first-order valence-electron chi connectivity index (χ1n) is 5.14. The number of hydrogen-bond donors (Lipinski definition) is 1. The summed E-state index contributed by atoms with van der Waals surface area (Å²) in [6.45, 7) is 6.03. The van der Waals surface area contributed by atoms with E-state index >= 15 is 0 Å². The van der Waals surface area contributed by atoms with Gasteiger partial charge >= 0.3 is 13.6 Å². The molecule has 0 fully saturated rings. The molecule has 0 aromatic carbocycles. The second-order valence-electron chi connectivity index (χ2n) is 3.07. The van der Waals surface area contributed by atoms with Crippen molar-refractivity contribution in [2.24, 2.45) is 0 Å². The van der Waals surface area contributed by atoms with Gasteiger partial charge in [-0.25, -0.2) is 4.79 Å². The zero-order valence-electron chi connectivity index (χ0n) is 10.1. The number of hydrogen-bond acceptors (Lipinski definition) is 6. The fourth-order valence-electron chi connectivity index (χ4n) is 1.01. The standard InChI is InChI=1S/C9H19O6P/c1-5-13-8(10)9(4,11)16(12,14-6-2)15-7-3/h11H,5-7H2,1-4H3. The van der Waals surface area contributed by atoms with Crippen LogP contribution in [0.5, 0.6) is 0 Å². The lowest BCUT2D eigenvalue weighted by molar-refractivity contribution is -0.157. The third kappa shape index (κ3) is 3.28. The monoisotopic (exact) mass is 254 g/mol. The van der Waals surface area contributed by atoms with Crippen molar-refractivity contribution in [3.8, 4) is 0 Å². The molecule has 0 spiro atoms. The van der Waals surface area contributed by atoms with Crippen LogP contribution in [0.2, 0.25) is 0 Å². The first-order valence-corrected chi connectivity index (χ1v) is 6.68. The molecule has 0 aliphatic heterocycles. The Labute approximate surface area is 95.4 Å². The largest absolute Gasteiger partial charge is 0.463 e. The van der Waals surface area contributed by atoms with E-state index in [0.29, 0.717) is 0 Å². The molecule has 0 amide bonds. The van der Waals surface area contributed by atoms with Gasteiger partial charge in [-0.2, -0.15) is 0 Å². The molecule has 0 bridgehead atoms. The summed E-state index contributed by atoms with van der Waals surface area (Å²) in [5.41, 5.74) is 0. The molecular formula is C9H19O6P. The summed E-state index contributed by atoms with van der Waals surface area (Å²) >= 11 is 0. The lowest BCUT2D eigenvalue weighted by atomic mass is 10.4. The van der Waals surface area contributed by atoms with Gasteiger partial charge in [-0.1, -0.05) is 0 Å². The molecule has 1 N–H and O–H groups in total. The molecule has 0 heterocycles. The van der Waals surface area contributed by atoms with Crippen LogP contribution in [0.3, 0.4) is 0 Å². The van der Waals surface area contributed by atoms with Gasteiger partial charge in [-0.15, -0.1) is 0 Å². The normalized spacial score (nSPS) is 15.6. The van der Waals surface area contributed by atoms with Crippen molar-refractivity contribution in [1.29, 1.82) is 0 Å². The highest BCUT2D eigenvalue weighted by atomic mass is 31.2. The number of carbonyl (C=O) groups excluding carboxylic acids is 1. The van der Waals surface area contributed by atoms with Crippen LogP contribution in [-0.4, -0.2) is 36.2 Å². The van der Waals surface area contributed by atoms with Crippen LogP contribution in [0.4, 0.5) is 0 Å². The van der Waals surface area contributed by atoms with Crippen LogP contribution in [0, 0.1) is 0 Å². The average Bonchev–Trinajstić information content (AvgIpc) is 2.18. The summed E-state index contributed by atoms with van der Waals surface area (Å²) in [5, 5.41) is 7.62. The first kappa shape index (κ1) is 15.6. The van der Waals surface area contributed by atoms with E-state index in [1.165, 1.54) is 0 Å². The van der Waals surface area contributed by atoms with Gasteiger partial charge in [0.05, 0.1) is 19.8 Å². The first-order chi connectivity index (χ1) is 7.35. The van der Waals surface area contributed by atoms with Crippen LogP contribution in [0.1, 0.15) is 27.7 Å². The molecule has 6 nitrogen and oxygen atoms in total. The van der Waals surface area contributed by atoms with E-state index in [1.807, 2.05) is 0 Å². The molecule has 0 aromatic heterocycles. The van der Waals surface area contributed by atoms with Crippen LogP contribution in [-0.2, 0) is 23.1 Å². The fourth-order valence-corrected chi connectivity index (χ4v) is 2.55. The van der Waals surface area contributed by atoms with Gasteiger partial charge in [-0.3, -0.25) is 4.57 Å². The Morgan fingerprint density at radius 2 is 1.62 bits per heavy atom. The number of aliphatic hydroxyl groups is 1. The highest BCUT2D eigenvalue weighted by molar-refractivity contribution is 7.56. The van der Waals surface area contributed by atoms with Crippen LogP contribution in [0.25, 0.3) is 0 Å². The maximum absolute atomic E-state index is 12.2. The minimum atomic E-state index is -3.93. The average molecular weight is 254 g/mol. The molecule has 7 heteroatoms. The quantitative estimate of drug-likeness (QED) is 0.548. The summed E-state index contributed by atoms with van der Waals surface area (Å²) in [5.74, 6) is -1.01. The van der Waals surface area contributed by atoms with E-state index in [9.17, 15) is 14.5 Å². The molecule has 1 unspecified atom stereocenters. The molecule has 0 aliphatic rings. The second-order valence-corrected chi connectivity index (χ2v) is 5.46. The number of rotatable bonds is 7. The smallest absolute Gasteiger partial charge is 0.373 e. The topological polar surface area (TPSA) is 82.1 Å². The molecule has 0 radical (unpaired) electrons. The Bertz CT molecular complexity index is 265. The summed E-state index contributed by atoms with van der Waals surface area (Å²) in [6, 6.07) is 0. The highest BCUT2D eigenvalue weighted by Gasteiger charge is 2.53. The molecular weight excluding hydrogens is 235 g/mol. The van der Waals surface area contributed by atoms with Crippen molar-refractivity contribution in [2.45, 2.75) is 33.0 Å². The van der Waals surface area contributed by atoms with E-state index < -0.39 is 18.9 Å². The van der Waals surface area contributed by atoms with Crippen LogP contribution < -0.4 is 0 Å². The van der Waals surface area contributed by atoms with Gasteiger partial charge in [0.25, 0.3) is 5.34 Å². The predicted molar refractivity (Wildman–Crippen MR) is 58.1 cm³/mol. The van der Waals surface area contributed by atoms with E-state index in [0.717, 1.165) is 6.92 Å². The Balaban J connectivity index is 5.02. The SMILES string of the molecule is CCOC(=O)C(C)(O)P(=O)(OCC)OCC. The Hall–Kier alpha value is -0.420. The molecule has 0 aliphatic carbocycles.